The molecular weight excluding hydrogens is 424 g/mol. The van der Waals surface area contributed by atoms with E-state index >= 15 is 0 Å². The molecule has 0 saturated carbocycles. The highest BCUT2D eigenvalue weighted by Crippen LogP contribution is 2.38. The van der Waals surface area contributed by atoms with Crippen molar-refractivity contribution in [1.29, 1.82) is 5.26 Å². The summed E-state index contributed by atoms with van der Waals surface area (Å²) in [6.07, 6.45) is -8.32. The quantitative estimate of drug-likeness (QED) is 0.354. The molecule has 0 aliphatic heterocycles. The van der Waals surface area contributed by atoms with Crippen LogP contribution in [-0.4, -0.2) is 29.2 Å². The average molecular weight is 431 g/mol. The molecule has 30 heavy (non-hydrogen) atoms. The molecule has 2 aromatic heterocycles. The standard InChI is InChI=1S/C15H7F6N7O2/c16-14(17,18)9-3-8(4-10(5-9)15(19,20)21)11-23-7-27(25-11)12-13(28(29)30)26(2-1-22)6-24-12/h3-7H,2H2. The zero-order chi connectivity index (χ0) is 22.3. The molecule has 0 aliphatic carbocycles. The maximum absolute atomic E-state index is 13.0. The fourth-order valence-corrected chi connectivity index (χ4v) is 2.49. The summed E-state index contributed by atoms with van der Waals surface area (Å²) in [5, 5.41) is 23.7. The van der Waals surface area contributed by atoms with Gasteiger partial charge < -0.3 is 10.1 Å². The molecule has 0 fully saturated rings. The number of hydrogen-bond donors (Lipinski definition) is 0. The number of hydrogen-bond acceptors (Lipinski definition) is 6. The van der Waals surface area contributed by atoms with Gasteiger partial charge >= 0.3 is 18.2 Å². The lowest BCUT2D eigenvalue weighted by atomic mass is 10.0. The maximum atomic E-state index is 13.0. The van der Waals surface area contributed by atoms with E-state index in [0.29, 0.717) is 12.1 Å². The Balaban J connectivity index is 2.12. The van der Waals surface area contributed by atoms with Crippen LogP contribution in [0.5, 0.6) is 0 Å². The van der Waals surface area contributed by atoms with Crippen molar-refractivity contribution < 1.29 is 31.3 Å². The smallest absolute Gasteiger partial charge is 0.358 e. The predicted molar refractivity (Wildman–Crippen MR) is 84.9 cm³/mol. The molecule has 0 spiro atoms. The minimum Gasteiger partial charge on any atom is -0.358 e. The lowest BCUT2D eigenvalue weighted by Crippen LogP contribution is -2.11. The Kier molecular flexibility index (Phi) is 4.94. The van der Waals surface area contributed by atoms with Gasteiger partial charge in [-0.2, -0.15) is 45.8 Å². The highest BCUT2D eigenvalue weighted by molar-refractivity contribution is 5.58. The van der Waals surface area contributed by atoms with Gasteiger partial charge in [0.15, 0.2) is 18.7 Å². The summed E-state index contributed by atoms with van der Waals surface area (Å²) >= 11 is 0. The van der Waals surface area contributed by atoms with E-state index in [1.54, 1.807) is 6.07 Å². The van der Waals surface area contributed by atoms with Gasteiger partial charge in [-0.05, 0) is 23.1 Å². The molecule has 0 radical (unpaired) electrons. The van der Waals surface area contributed by atoms with Crippen LogP contribution in [-0.2, 0) is 18.9 Å². The van der Waals surface area contributed by atoms with Crippen molar-refractivity contribution in [2.24, 2.45) is 0 Å². The van der Waals surface area contributed by atoms with Crippen LogP contribution < -0.4 is 0 Å². The molecule has 9 nitrogen and oxygen atoms in total. The Hall–Kier alpha value is -3.96. The topological polar surface area (TPSA) is 115 Å². The van der Waals surface area contributed by atoms with Gasteiger partial charge in [0.1, 0.15) is 12.4 Å². The van der Waals surface area contributed by atoms with Crippen molar-refractivity contribution in [2.75, 3.05) is 0 Å². The van der Waals surface area contributed by atoms with Crippen LogP contribution in [0.3, 0.4) is 0 Å². The lowest BCUT2D eigenvalue weighted by molar-refractivity contribution is -0.391. The Morgan fingerprint density at radius 1 is 1.03 bits per heavy atom. The maximum Gasteiger partial charge on any atom is 0.416 e. The summed E-state index contributed by atoms with van der Waals surface area (Å²) in [5.74, 6) is -1.62. The third kappa shape index (κ3) is 3.92. The lowest BCUT2D eigenvalue weighted by Gasteiger charge is -2.13. The normalized spacial score (nSPS) is 12.0. The molecule has 1 aromatic carbocycles. The third-order valence-corrected chi connectivity index (χ3v) is 3.76. The van der Waals surface area contributed by atoms with Crippen LogP contribution in [0.4, 0.5) is 32.2 Å². The summed E-state index contributed by atoms with van der Waals surface area (Å²) in [4.78, 5) is 17.8. The number of nitrogens with zero attached hydrogens (tertiary/aromatic N) is 7. The second-order valence-electron chi connectivity index (χ2n) is 5.74. The molecule has 2 heterocycles. The SMILES string of the molecule is N#CCn1cnc(-n2cnc(-c3cc(C(F)(F)F)cc(C(F)(F)F)c3)n2)c1[N+](=O)[O-]. The number of alkyl halides is 6. The Bertz CT molecular complexity index is 1120. The van der Waals surface area contributed by atoms with Crippen molar-refractivity contribution in [3.05, 3.63) is 52.1 Å². The van der Waals surface area contributed by atoms with Crippen LogP contribution in [0, 0.1) is 21.4 Å². The second-order valence-corrected chi connectivity index (χ2v) is 5.74. The predicted octanol–water partition coefficient (Wildman–Crippen LogP) is 3.60. The number of halogens is 6. The molecule has 0 atom stereocenters. The van der Waals surface area contributed by atoms with Crippen molar-refractivity contribution in [3.8, 4) is 23.3 Å². The second kappa shape index (κ2) is 7.13. The van der Waals surface area contributed by atoms with Crippen LogP contribution >= 0.6 is 0 Å². The molecule has 0 unspecified atom stereocenters. The van der Waals surface area contributed by atoms with E-state index < -0.39 is 58.0 Å². The molecule has 0 saturated heterocycles. The number of rotatable bonds is 4. The van der Waals surface area contributed by atoms with E-state index in [0.717, 1.165) is 21.9 Å². The molecule has 3 aromatic rings. The van der Waals surface area contributed by atoms with Crippen LogP contribution in [0.25, 0.3) is 17.2 Å². The van der Waals surface area contributed by atoms with Gasteiger partial charge in [-0.3, -0.25) is 0 Å². The monoisotopic (exact) mass is 431 g/mol. The first kappa shape index (κ1) is 20.8. The van der Waals surface area contributed by atoms with Crippen LogP contribution in [0.1, 0.15) is 11.1 Å². The molecule has 0 bridgehead atoms. The fraction of sp³-hybridized carbons (Fsp3) is 0.200. The summed E-state index contributed by atoms with van der Waals surface area (Å²) in [5.41, 5.74) is -3.73. The van der Waals surface area contributed by atoms with E-state index in [9.17, 15) is 36.5 Å². The number of aromatic nitrogens is 5. The largest absolute Gasteiger partial charge is 0.416 e. The Labute approximate surface area is 162 Å². The minimum atomic E-state index is -5.06. The minimum absolute atomic E-state index is 0.0467. The molecular formula is C15H7F6N7O2. The number of nitriles is 1. The molecule has 156 valence electrons. The van der Waals surface area contributed by atoms with Crippen molar-refractivity contribution >= 4 is 5.82 Å². The highest BCUT2D eigenvalue weighted by atomic mass is 19.4. The van der Waals surface area contributed by atoms with Gasteiger partial charge in [0.05, 0.1) is 11.1 Å². The zero-order valence-corrected chi connectivity index (χ0v) is 14.3. The highest BCUT2D eigenvalue weighted by Gasteiger charge is 2.37. The van der Waals surface area contributed by atoms with Crippen molar-refractivity contribution in [3.63, 3.8) is 0 Å². The van der Waals surface area contributed by atoms with Gasteiger partial charge in [-0.25, -0.2) is 4.98 Å². The van der Waals surface area contributed by atoms with Gasteiger partial charge in [0, 0.05) is 5.56 Å². The van der Waals surface area contributed by atoms with E-state index in [1.807, 2.05) is 0 Å². The first-order chi connectivity index (χ1) is 13.9. The fourth-order valence-electron chi connectivity index (χ4n) is 2.49. The van der Waals surface area contributed by atoms with E-state index in [2.05, 4.69) is 15.1 Å². The summed E-state index contributed by atoms with van der Waals surface area (Å²) in [6, 6.07) is 2.49. The van der Waals surface area contributed by atoms with Crippen molar-refractivity contribution in [2.45, 2.75) is 18.9 Å². The Morgan fingerprint density at radius 2 is 1.63 bits per heavy atom. The van der Waals surface area contributed by atoms with Crippen LogP contribution in [0.15, 0.2) is 30.9 Å². The summed E-state index contributed by atoms with van der Waals surface area (Å²) in [7, 11) is 0. The number of benzene rings is 1. The molecule has 3 rings (SSSR count). The Morgan fingerprint density at radius 3 is 2.13 bits per heavy atom. The molecule has 0 amide bonds. The summed E-state index contributed by atoms with van der Waals surface area (Å²) in [6.45, 7) is -0.423. The van der Waals surface area contributed by atoms with E-state index in [1.165, 1.54) is 0 Å². The first-order valence-corrected chi connectivity index (χ1v) is 7.70. The van der Waals surface area contributed by atoms with Gasteiger partial charge in [-0.1, -0.05) is 0 Å². The van der Waals surface area contributed by atoms with Gasteiger partial charge in [0.2, 0.25) is 0 Å². The average Bonchev–Trinajstić information content (AvgIpc) is 3.27. The summed E-state index contributed by atoms with van der Waals surface area (Å²) < 4.78 is 79.7. The third-order valence-electron chi connectivity index (χ3n) is 3.76. The van der Waals surface area contributed by atoms with Crippen molar-refractivity contribution in [1.82, 2.24) is 24.3 Å². The molecule has 0 aliphatic rings. The molecule has 0 N–H and O–H groups in total. The van der Waals surface area contributed by atoms with Crippen LogP contribution in [0.2, 0.25) is 0 Å². The number of imidazole rings is 1. The van der Waals surface area contributed by atoms with Gasteiger partial charge in [0.25, 0.3) is 5.82 Å². The molecule has 15 heteroatoms. The van der Waals surface area contributed by atoms with E-state index in [-0.39, 0.29) is 6.07 Å². The van der Waals surface area contributed by atoms with E-state index in [4.69, 9.17) is 5.26 Å². The van der Waals surface area contributed by atoms with Gasteiger partial charge in [-0.15, -0.1) is 5.10 Å². The first-order valence-electron chi connectivity index (χ1n) is 7.70. The number of nitro groups is 1. The zero-order valence-electron chi connectivity index (χ0n) is 14.3.